The second-order valence-corrected chi connectivity index (χ2v) is 4.98. The molecule has 0 aliphatic heterocycles. The van der Waals surface area contributed by atoms with Crippen molar-refractivity contribution in [2.75, 3.05) is 11.9 Å². The molecule has 6 heteroatoms. The van der Waals surface area contributed by atoms with Crippen molar-refractivity contribution in [1.82, 2.24) is 5.32 Å². The van der Waals surface area contributed by atoms with E-state index in [-0.39, 0.29) is 10.7 Å². The zero-order valence-electron chi connectivity index (χ0n) is 11.6. The van der Waals surface area contributed by atoms with Gasteiger partial charge in [-0.1, -0.05) is 41.9 Å². The fraction of sp³-hybridized carbons (Fsp3) is 0.125. The molecule has 0 aliphatic carbocycles. The first-order valence-corrected chi connectivity index (χ1v) is 7.02. The quantitative estimate of drug-likeness (QED) is 0.851. The number of hydrogen-bond donors (Lipinski definition) is 2. The average molecular weight is 321 g/mol. The lowest BCUT2D eigenvalue weighted by atomic mass is 10.1. The van der Waals surface area contributed by atoms with Gasteiger partial charge in [-0.3, -0.25) is 9.59 Å². The molecule has 0 atom stereocenters. The van der Waals surface area contributed by atoms with Gasteiger partial charge in [0.2, 0.25) is 0 Å². The summed E-state index contributed by atoms with van der Waals surface area (Å²) >= 11 is 5.60. The normalized spacial score (nSPS) is 10.1. The van der Waals surface area contributed by atoms with E-state index in [9.17, 15) is 14.0 Å². The van der Waals surface area contributed by atoms with E-state index in [0.29, 0.717) is 13.0 Å². The van der Waals surface area contributed by atoms with Crippen LogP contribution in [0.4, 0.5) is 10.1 Å². The molecule has 0 spiro atoms. The van der Waals surface area contributed by atoms with Crippen LogP contribution in [0.15, 0.2) is 48.5 Å². The second-order valence-electron chi connectivity index (χ2n) is 4.57. The van der Waals surface area contributed by atoms with E-state index < -0.39 is 17.6 Å². The van der Waals surface area contributed by atoms with Gasteiger partial charge in [-0.05, 0) is 30.2 Å². The monoisotopic (exact) mass is 320 g/mol. The van der Waals surface area contributed by atoms with Crippen molar-refractivity contribution in [3.8, 4) is 0 Å². The Kier molecular flexibility index (Phi) is 5.49. The Bertz CT molecular complexity index is 677. The van der Waals surface area contributed by atoms with Gasteiger partial charge in [0.15, 0.2) is 0 Å². The van der Waals surface area contributed by atoms with E-state index in [0.717, 1.165) is 11.6 Å². The Morgan fingerprint density at radius 3 is 2.45 bits per heavy atom. The van der Waals surface area contributed by atoms with Crippen molar-refractivity contribution >= 4 is 29.1 Å². The Balaban J connectivity index is 1.82. The second kappa shape index (κ2) is 7.56. The zero-order valence-corrected chi connectivity index (χ0v) is 12.4. The molecular formula is C16H14ClFN2O2. The Morgan fingerprint density at radius 2 is 1.77 bits per heavy atom. The lowest BCUT2D eigenvalue weighted by Crippen LogP contribution is -2.36. The third kappa shape index (κ3) is 4.56. The number of hydrogen-bond acceptors (Lipinski definition) is 2. The molecule has 0 aliphatic rings. The lowest BCUT2D eigenvalue weighted by molar-refractivity contribution is -0.136. The number of rotatable bonds is 4. The topological polar surface area (TPSA) is 58.2 Å². The van der Waals surface area contributed by atoms with E-state index in [1.807, 2.05) is 30.3 Å². The third-order valence-corrected chi connectivity index (χ3v) is 3.22. The minimum atomic E-state index is -0.823. The van der Waals surface area contributed by atoms with Crippen LogP contribution in [0, 0.1) is 5.82 Å². The van der Waals surface area contributed by atoms with Gasteiger partial charge in [0.1, 0.15) is 5.82 Å². The smallest absolute Gasteiger partial charge is 0.313 e. The van der Waals surface area contributed by atoms with Gasteiger partial charge in [0.05, 0.1) is 5.02 Å². The van der Waals surface area contributed by atoms with E-state index in [4.69, 9.17) is 11.6 Å². The van der Waals surface area contributed by atoms with Crippen LogP contribution in [0.3, 0.4) is 0 Å². The maximum Gasteiger partial charge on any atom is 0.313 e. The molecule has 2 amide bonds. The van der Waals surface area contributed by atoms with Crippen LogP contribution >= 0.6 is 11.6 Å². The Labute approximate surface area is 132 Å². The minimum Gasteiger partial charge on any atom is -0.347 e. The fourth-order valence-electron chi connectivity index (χ4n) is 1.81. The van der Waals surface area contributed by atoms with Crippen LogP contribution < -0.4 is 10.6 Å². The first kappa shape index (κ1) is 16.0. The maximum atomic E-state index is 13.0. The summed E-state index contributed by atoms with van der Waals surface area (Å²) in [6.45, 7) is 0.348. The number of nitrogens with one attached hydrogen (secondary N) is 2. The summed E-state index contributed by atoms with van der Waals surface area (Å²) < 4.78 is 13.0. The molecule has 114 valence electrons. The van der Waals surface area contributed by atoms with E-state index in [1.165, 1.54) is 12.1 Å². The van der Waals surface area contributed by atoms with Crippen LogP contribution in [-0.4, -0.2) is 18.4 Å². The summed E-state index contributed by atoms with van der Waals surface area (Å²) in [4.78, 5) is 23.4. The molecule has 0 heterocycles. The average Bonchev–Trinajstić information content (AvgIpc) is 2.52. The maximum absolute atomic E-state index is 13.0. The van der Waals surface area contributed by atoms with Crippen LogP contribution in [-0.2, 0) is 16.0 Å². The summed E-state index contributed by atoms with van der Waals surface area (Å²) in [5.74, 6) is -2.17. The highest BCUT2D eigenvalue weighted by Gasteiger charge is 2.13. The van der Waals surface area contributed by atoms with Gasteiger partial charge in [-0.15, -0.1) is 0 Å². The number of carbonyl (C=O) groups excluding carboxylic acids is 2. The largest absolute Gasteiger partial charge is 0.347 e. The molecule has 0 saturated heterocycles. The van der Waals surface area contributed by atoms with Gasteiger partial charge >= 0.3 is 11.8 Å². The standard InChI is InChI=1S/C16H14ClFN2O2/c17-13-10-12(6-7-14(13)18)20-16(22)15(21)19-9-8-11-4-2-1-3-5-11/h1-7,10H,8-9H2,(H,19,21)(H,20,22). The minimum absolute atomic E-state index is 0.123. The number of carbonyl (C=O) groups is 2. The first-order chi connectivity index (χ1) is 10.6. The van der Waals surface area contributed by atoms with Crippen LogP contribution in [0.1, 0.15) is 5.56 Å². The van der Waals surface area contributed by atoms with Crippen LogP contribution in [0.2, 0.25) is 5.02 Å². The molecule has 2 aromatic carbocycles. The van der Waals surface area contributed by atoms with Gasteiger partial charge in [0, 0.05) is 12.2 Å². The van der Waals surface area contributed by atoms with Gasteiger partial charge < -0.3 is 10.6 Å². The highest BCUT2D eigenvalue weighted by atomic mass is 35.5. The molecule has 0 radical (unpaired) electrons. The molecular weight excluding hydrogens is 307 g/mol. The highest BCUT2D eigenvalue weighted by molar-refractivity contribution is 6.39. The van der Waals surface area contributed by atoms with Crippen molar-refractivity contribution in [2.45, 2.75) is 6.42 Å². The van der Waals surface area contributed by atoms with E-state index in [2.05, 4.69) is 10.6 Å². The Hall–Kier alpha value is -2.40. The SMILES string of the molecule is O=C(NCCc1ccccc1)C(=O)Nc1ccc(F)c(Cl)c1. The molecule has 2 N–H and O–H groups in total. The molecule has 0 unspecified atom stereocenters. The summed E-state index contributed by atoms with van der Waals surface area (Å²) in [6.07, 6.45) is 0.627. The number of amides is 2. The van der Waals surface area contributed by atoms with E-state index in [1.54, 1.807) is 0 Å². The van der Waals surface area contributed by atoms with Crippen molar-refractivity contribution < 1.29 is 14.0 Å². The van der Waals surface area contributed by atoms with Crippen molar-refractivity contribution in [3.63, 3.8) is 0 Å². The molecule has 2 rings (SSSR count). The van der Waals surface area contributed by atoms with Crippen molar-refractivity contribution in [3.05, 3.63) is 64.9 Å². The Morgan fingerprint density at radius 1 is 1.05 bits per heavy atom. The van der Waals surface area contributed by atoms with Crippen LogP contribution in [0.5, 0.6) is 0 Å². The summed E-state index contributed by atoms with van der Waals surface area (Å²) in [6, 6.07) is 13.3. The predicted molar refractivity (Wildman–Crippen MR) is 83.2 cm³/mol. The molecule has 0 fully saturated rings. The number of benzene rings is 2. The van der Waals surface area contributed by atoms with E-state index >= 15 is 0 Å². The number of anilines is 1. The fourth-order valence-corrected chi connectivity index (χ4v) is 1.99. The van der Waals surface area contributed by atoms with Crippen LogP contribution in [0.25, 0.3) is 0 Å². The van der Waals surface area contributed by atoms with Crippen molar-refractivity contribution in [1.29, 1.82) is 0 Å². The molecule has 0 saturated carbocycles. The lowest BCUT2D eigenvalue weighted by Gasteiger charge is -2.07. The van der Waals surface area contributed by atoms with Crippen molar-refractivity contribution in [2.24, 2.45) is 0 Å². The summed E-state index contributed by atoms with van der Waals surface area (Å²) in [7, 11) is 0. The zero-order chi connectivity index (χ0) is 15.9. The first-order valence-electron chi connectivity index (χ1n) is 6.64. The highest BCUT2D eigenvalue weighted by Crippen LogP contribution is 2.19. The van der Waals surface area contributed by atoms with Gasteiger partial charge in [0.25, 0.3) is 0 Å². The summed E-state index contributed by atoms with van der Waals surface area (Å²) in [5.41, 5.74) is 1.32. The number of halogens is 2. The predicted octanol–water partition coefficient (Wildman–Crippen LogP) is 2.78. The molecule has 0 aromatic heterocycles. The molecule has 22 heavy (non-hydrogen) atoms. The van der Waals surface area contributed by atoms with Gasteiger partial charge in [-0.25, -0.2) is 4.39 Å². The summed E-state index contributed by atoms with van der Waals surface area (Å²) in [5, 5.41) is 4.75. The van der Waals surface area contributed by atoms with Gasteiger partial charge in [-0.2, -0.15) is 0 Å². The molecule has 0 bridgehead atoms. The molecule has 4 nitrogen and oxygen atoms in total. The third-order valence-electron chi connectivity index (χ3n) is 2.93. The molecule has 2 aromatic rings.